The first-order valence-electron chi connectivity index (χ1n) is 12.3. The first-order valence-corrected chi connectivity index (χ1v) is 12.3. The number of aliphatic hydroxyl groups excluding tert-OH is 2. The zero-order valence-electron chi connectivity index (χ0n) is 20.7. The minimum atomic E-state index is -0.697. The Morgan fingerprint density at radius 1 is 0.944 bits per heavy atom. The fourth-order valence-corrected chi connectivity index (χ4v) is 5.42. The molecular weight excluding hydrogens is 464 g/mol. The van der Waals surface area contributed by atoms with E-state index >= 15 is 0 Å². The molecule has 3 aliphatic heterocycles. The van der Waals surface area contributed by atoms with E-state index in [-0.39, 0.29) is 31.8 Å². The summed E-state index contributed by atoms with van der Waals surface area (Å²) in [6.45, 7) is 6.77. The monoisotopic (exact) mass is 496 g/mol. The molecule has 0 spiro atoms. The molecule has 2 N–H and O–H groups in total. The van der Waals surface area contributed by atoms with Gasteiger partial charge in [-0.1, -0.05) is 6.07 Å². The number of methoxy groups -OCH3 is 1. The number of nitrogens with zero attached hydrogens (tertiary/aromatic N) is 2. The zero-order valence-corrected chi connectivity index (χ0v) is 20.7. The molecule has 0 saturated carbocycles. The van der Waals surface area contributed by atoms with Crippen molar-refractivity contribution < 1.29 is 34.0 Å². The molecule has 0 aliphatic carbocycles. The van der Waals surface area contributed by atoms with Gasteiger partial charge < -0.3 is 24.4 Å². The lowest BCUT2D eigenvalue weighted by molar-refractivity contribution is 0.0479. The Labute approximate surface area is 210 Å². The molecule has 0 amide bonds. The predicted molar refractivity (Wildman–Crippen MR) is 129 cm³/mol. The van der Waals surface area contributed by atoms with Gasteiger partial charge in [0.2, 0.25) is 0 Å². The van der Waals surface area contributed by atoms with E-state index in [2.05, 4.69) is 9.80 Å². The summed E-state index contributed by atoms with van der Waals surface area (Å²) in [5.74, 6) is -0.641. The number of benzene rings is 2. The molecular formula is C27H32N2O7. The van der Waals surface area contributed by atoms with Gasteiger partial charge in [0.05, 0.1) is 29.9 Å². The van der Waals surface area contributed by atoms with Gasteiger partial charge in [-0.25, -0.2) is 9.59 Å². The molecule has 9 nitrogen and oxygen atoms in total. The summed E-state index contributed by atoms with van der Waals surface area (Å²) in [4.78, 5) is 28.3. The van der Waals surface area contributed by atoms with Crippen LogP contribution in [-0.2, 0) is 34.0 Å². The highest BCUT2D eigenvalue weighted by Crippen LogP contribution is 2.31. The van der Waals surface area contributed by atoms with Crippen LogP contribution in [-0.4, -0.2) is 78.3 Å². The lowest BCUT2D eigenvalue weighted by Gasteiger charge is -2.36. The molecule has 2 atom stereocenters. The molecule has 0 bridgehead atoms. The van der Waals surface area contributed by atoms with E-state index in [0.29, 0.717) is 24.2 Å². The van der Waals surface area contributed by atoms with E-state index in [1.54, 1.807) is 13.2 Å². The average molecular weight is 497 g/mol. The normalized spacial score (nSPS) is 19.6. The van der Waals surface area contributed by atoms with Crippen LogP contribution in [0.5, 0.6) is 0 Å². The number of β-amino-alcohol motifs (C(OH)–C–C–N with tert-alkyl or cyclic N) is 2. The van der Waals surface area contributed by atoms with Crippen LogP contribution in [0, 0.1) is 6.92 Å². The van der Waals surface area contributed by atoms with Gasteiger partial charge in [0.25, 0.3) is 0 Å². The lowest BCUT2D eigenvalue weighted by Crippen LogP contribution is -2.48. The van der Waals surface area contributed by atoms with Gasteiger partial charge in [0, 0.05) is 57.5 Å². The van der Waals surface area contributed by atoms with Crippen LogP contribution in [0.3, 0.4) is 0 Å². The number of aliphatic hydroxyl groups is 2. The molecule has 3 heterocycles. The molecule has 3 aliphatic rings. The fraction of sp³-hybridized carbons (Fsp3) is 0.481. The number of cyclic esters (lactones) is 2. The van der Waals surface area contributed by atoms with E-state index in [9.17, 15) is 19.8 Å². The summed E-state index contributed by atoms with van der Waals surface area (Å²) in [6, 6.07) is 7.26. The van der Waals surface area contributed by atoms with Gasteiger partial charge in [-0.2, -0.15) is 0 Å². The van der Waals surface area contributed by atoms with Gasteiger partial charge in [0.15, 0.2) is 0 Å². The Morgan fingerprint density at radius 3 is 2.31 bits per heavy atom. The third-order valence-electron chi connectivity index (χ3n) is 7.47. The Hall–Kier alpha value is -2.82. The maximum atomic E-state index is 12.0. The van der Waals surface area contributed by atoms with Gasteiger partial charge >= 0.3 is 11.9 Å². The van der Waals surface area contributed by atoms with Crippen LogP contribution in [0.2, 0.25) is 0 Å². The van der Waals surface area contributed by atoms with Crippen molar-refractivity contribution in [3.05, 3.63) is 68.8 Å². The number of hydrogen-bond acceptors (Lipinski definition) is 9. The number of piperazine rings is 1. The summed E-state index contributed by atoms with van der Waals surface area (Å²) in [5, 5.41) is 21.9. The molecule has 1 saturated heterocycles. The summed E-state index contributed by atoms with van der Waals surface area (Å²) in [5.41, 5.74) is 6.05. The summed E-state index contributed by atoms with van der Waals surface area (Å²) in [7, 11) is 1.58. The minimum Gasteiger partial charge on any atom is -0.457 e. The van der Waals surface area contributed by atoms with Gasteiger partial charge in [-0.05, 0) is 47.4 Å². The maximum absolute atomic E-state index is 12.0. The van der Waals surface area contributed by atoms with E-state index in [0.717, 1.165) is 59.6 Å². The standard InChI is InChI=1S/C27H32N2O7/c1-16-20(3-4-21-22(16)15-36-26(21)32)24(31)12-29-7-5-28(6-8-29)11-23(30)17-9-18(13-34-2)25-19(10-17)14-35-27(25)33/h3-4,9-10,23-24,30-31H,5-8,11-15H2,1-2H3. The Balaban J connectivity index is 1.17. The SMILES string of the molecule is COCc1cc(C(O)CN2CCN(CC(O)c3ccc4c(c3C)COC4=O)CC2)cc2c1C(=O)OC2. The third kappa shape index (κ3) is 4.77. The number of rotatable bonds is 8. The second-order valence-corrected chi connectivity index (χ2v) is 9.74. The molecule has 0 aromatic heterocycles. The first-order chi connectivity index (χ1) is 17.4. The highest BCUT2D eigenvalue weighted by molar-refractivity contribution is 5.95. The van der Waals surface area contributed by atoms with E-state index in [4.69, 9.17) is 14.2 Å². The zero-order chi connectivity index (χ0) is 25.4. The van der Waals surface area contributed by atoms with Crippen molar-refractivity contribution in [1.82, 2.24) is 9.80 Å². The largest absolute Gasteiger partial charge is 0.457 e. The molecule has 1 fully saturated rings. The quantitative estimate of drug-likeness (QED) is 0.530. The molecule has 36 heavy (non-hydrogen) atoms. The number of hydrogen-bond donors (Lipinski definition) is 2. The van der Waals surface area contributed by atoms with Crippen molar-refractivity contribution in [2.45, 2.75) is 39.0 Å². The number of carbonyl (C=O) groups excluding carboxylic acids is 2. The van der Waals surface area contributed by atoms with Crippen molar-refractivity contribution in [2.24, 2.45) is 0 Å². The fourth-order valence-electron chi connectivity index (χ4n) is 5.42. The molecule has 192 valence electrons. The second kappa shape index (κ2) is 10.3. The van der Waals surface area contributed by atoms with Crippen molar-refractivity contribution in [3.8, 4) is 0 Å². The number of fused-ring (bicyclic) bond motifs is 2. The van der Waals surface area contributed by atoms with Gasteiger partial charge in [-0.15, -0.1) is 0 Å². The highest BCUT2D eigenvalue weighted by Gasteiger charge is 2.29. The summed E-state index contributed by atoms with van der Waals surface area (Å²) >= 11 is 0. The van der Waals surface area contributed by atoms with Gasteiger partial charge in [-0.3, -0.25) is 9.80 Å². The van der Waals surface area contributed by atoms with Crippen LogP contribution in [0.25, 0.3) is 0 Å². The summed E-state index contributed by atoms with van der Waals surface area (Å²) in [6.07, 6.45) is -1.35. The molecule has 5 rings (SSSR count). The number of ether oxygens (including phenoxy) is 3. The van der Waals surface area contributed by atoms with Crippen LogP contribution in [0.1, 0.15) is 66.3 Å². The molecule has 2 aromatic carbocycles. The molecule has 9 heteroatoms. The van der Waals surface area contributed by atoms with E-state index in [1.165, 1.54) is 0 Å². The average Bonchev–Trinajstić information content (AvgIpc) is 3.43. The number of carbonyl (C=O) groups is 2. The maximum Gasteiger partial charge on any atom is 0.339 e. The smallest absolute Gasteiger partial charge is 0.339 e. The van der Waals surface area contributed by atoms with E-state index < -0.39 is 12.2 Å². The van der Waals surface area contributed by atoms with Crippen LogP contribution in [0.15, 0.2) is 24.3 Å². The van der Waals surface area contributed by atoms with Crippen LogP contribution in [0.4, 0.5) is 0 Å². The lowest BCUT2D eigenvalue weighted by atomic mass is 9.95. The Morgan fingerprint density at radius 2 is 1.61 bits per heavy atom. The first kappa shape index (κ1) is 24.9. The molecule has 0 radical (unpaired) electrons. The van der Waals surface area contributed by atoms with Crippen molar-refractivity contribution in [3.63, 3.8) is 0 Å². The minimum absolute atomic E-state index is 0.222. The van der Waals surface area contributed by atoms with Crippen LogP contribution >= 0.6 is 0 Å². The van der Waals surface area contributed by atoms with Crippen molar-refractivity contribution in [2.75, 3.05) is 46.4 Å². The van der Waals surface area contributed by atoms with Gasteiger partial charge in [0.1, 0.15) is 13.2 Å². The Kier molecular flexibility index (Phi) is 7.09. The van der Waals surface area contributed by atoms with Crippen LogP contribution < -0.4 is 0 Å². The summed E-state index contributed by atoms with van der Waals surface area (Å²) < 4.78 is 15.5. The number of esters is 2. The van der Waals surface area contributed by atoms with Crippen molar-refractivity contribution in [1.29, 1.82) is 0 Å². The highest BCUT2D eigenvalue weighted by atomic mass is 16.5. The molecule has 2 unspecified atom stereocenters. The molecule has 2 aromatic rings. The predicted octanol–water partition coefficient (Wildman–Crippen LogP) is 1.87. The third-order valence-corrected chi connectivity index (χ3v) is 7.47. The van der Waals surface area contributed by atoms with E-state index in [1.807, 2.05) is 25.1 Å². The topological polar surface area (TPSA) is 109 Å². The Bertz CT molecular complexity index is 1170. The second-order valence-electron chi connectivity index (χ2n) is 9.74. The van der Waals surface area contributed by atoms with Crippen molar-refractivity contribution >= 4 is 11.9 Å².